The van der Waals surface area contributed by atoms with Gasteiger partial charge in [0.1, 0.15) is 7.85 Å². The minimum atomic E-state index is 1.09. The molecular formula is C5H2BN. The van der Waals surface area contributed by atoms with Crippen molar-refractivity contribution in [1.82, 2.24) is 0 Å². The Bertz CT molecular complexity index is 153. The first-order valence-corrected chi connectivity index (χ1v) is 1.60. The van der Waals surface area contributed by atoms with Gasteiger partial charge < -0.3 is 0 Å². The monoisotopic (exact) mass is 87.0 g/mol. The molecule has 30 valence electrons. The second-order valence-electron chi connectivity index (χ2n) is 0.659. The molecule has 2 radical (unpaired) electrons. The van der Waals surface area contributed by atoms with E-state index in [1.54, 1.807) is 0 Å². The molecule has 0 saturated carbocycles. The fourth-order valence-corrected chi connectivity index (χ4v) is 0.102. The van der Waals surface area contributed by atoms with Gasteiger partial charge in [-0.25, -0.2) is 4.99 Å². The van der Waals surface area contributed by atoms with E-state index in [4.69, 9.17) is 14.3 Å². The summed E-state index contributed by atoms with van der Waals surface area (Å²) in [5.74, 6) is 4.32. The lowest BCUT2D eigenvalue weighted by Crippen LogP contribution is -1.60. The highest BCUT2D eigenvalue weighted by molar-refractivity contribution is 6.49. The van der Waals surface area contributed by atoms with Gasteiger partial charge in [0.15, 0.2) is 0 Å². The molecule has 0 fully saturated rings. The predicted octanol–water partition coefficient (Wildman–Crippen LogP) is -0.223. The summed E-state index contributed by atoms with van der Waals surface area (Å²) >= 11 is 0. The topological polar surface area (TPSA) is 12.4 Å². The third-order valence-electron chi connectivity index (χ3n) is 0.267. The van der Waals surface area contributed by atoms with Crippen molar-refractivity contribution in [2.24, 2.45) is 4.99 Å². The minimum absolute atomic E-state index is 1.09. The van der Waals surface area contributed by atoms with E-state index in [1.807, 2.05) is 0 Å². The van der Waals surface area contributed by atoms with E-state index in [1.165, 1.54) is 0 Å². The highest BCUT2D eigenvalue weighted by atomic mass is 14.6. The molecule has 0 bridgehead atoms. The fourth-order valence-electron chi connectivity index (χ4n) is 0.102. The lowest BCUT2D eigenvalue weighted by molar-refractivity contribution is 1.75. The van der Waals surface area contributed by atoms with Crippen molar-refractivity contribution in [2.75, 3.05) is 0 Å². The maximum Gasteiger partial charge on any atom is 0.131 e. The standard InChI is InChI=1S/C5H2BN/c1-2-3-4-7-5-6/h1,5H. The molecule has 2 heteroatoms. The Labute approximate surface area is 44.2 Å². The molecule has 0 N–H and O–H groups in total. The van der Waals surface area contributed by atoms with Gasteiger partial charge >= 0.3 is 0 Å². The van der Waals surface area contributed by atoms with Gasteiger partial charge in [-0.1, -0.05) is 0 Å². The van der Waals surface area contributed by atoms with E-state index in [9.17, 15) is 0 Å². The van der Waals surface area contributed by atoms with Gasteiger partial charge in [-0.2, -0.15) is 0 Å². The van der Waals surface area contributed by atoms with Crippen LogP contribution in [0.2, 0.25) is 0 Å². The molecule has 7 heavy (non-hydrogen) atoms. The Morgan fingerprint density at radius 1 is 1.71 bits per heavy atom. The van der Waals surface area contributed by atoms with Crippen molar-refractivity contribution in [3.8, 4) is 24.3 Å². The van der Waals surface area contributed by atoms with E-state index in [0.717, 1.165) is 6.11 Å². The molecule has 0 amide bonds. The molecule has 0 aliphatic carbocycles. The molecule has 0 aliphatic rings. The highest BCUT2D eigenvalue weighted by Gasteiger charge is 1.48. The SMILES string of the molecule is [B]C=NC#CC#C. The van der Waals surface area contributed by atoms with Crippen molar-refractivity contribution >= 4 is 14.0 Å². The number of rotatable bonds is 0. The van der Waals surface area contributed by atoms with Crippen molar-refractivity contribution in [2.45, 2.75) is 0 Å². The summed E-state index contributed by atoms with van der Waals surface area (Å²) in [5, 5.41) is 0. The van der Waals surface area contributed by atoms with Crippen LogP contribution in [0.5, 0.6) is 0 Å². The Morgan fingerprint density at radius 2 is 2.43 bits per heavy atom. The van der Waals surface area contributed by atoms with E-state index in [-0.39, 0.29) is 0 Å². The molecule has 0 aromatic heterocycles. The van der Waals surface area contributed by atoms with Crippen LogP contribution >= 0.6 is 0 Å². The number of hydrogen-bond donors (Lipinski definition) is 0. The zero-order chi connectivity index (χ0) is 5.54. The summed E-state index contributed by atoms with van der Waals surface area (Å²) in [4.78, 5) is 3.31. The number of terminal acetylenes is 1. The van der Waals surface area contributed by atoms with Gasteiger partial charge in [0.25, 0.3) is 0 Å². The van der Waals surface area contributed by atoms with E-state index >= 15 is 0 Å². The molecule has 0 atom stereocenters. The van der Waals surface area contributed by atoms with Crippen LogP contribution in [0.25, 0.3) is 0 Å². The third-order valence-corrected chi connectivity index (χ3v) is 0.267. The van der Waals surface area contributed by atoms with E-state index in [2.05, 4.69) is 22.9 Å². The predicted molar refractivity (Wildman–Crippen MR) is 30.9 cm³/mol. The van der Waals surface area contributed by atoms with Gasteiger partial charge in [-0.3, -0.25) is 0 Å². The molecule has 0 aromatic carbocycles. The second-order valence-corrected chi connectivity index (χ2v) is 0.659. The van der Waals surface area contributed by atoms with Gasteiger partial charge in [-0.15, -0.1) is 6.42 Å². The Hall–Kier alpha value is -1.15. The minimum Gasteiger partial charge on any atom is -0.221 e. The molecule has 0 spiro atoms. The second kappa shape index (κ2) is 4.85. The van der Waals surface area contributed by atoms with Crippen LogP contribution in [0.1, 0.15) is 0 Å². The summed E-state index contributed by atoms with van der Waals surface area (Å²) < 4.78 is 0. The molecule has 0 unspecified atom stereocenters. The Kier molecular flexibility index (Phi) is 4.06. The van der Waals surface area contributed by atoms with Crippen LogP contribution in [-0.2, 0) is 0 Å². The molecule has 0 rings (SSSR count). The van der Waals surface area contributed by atoms with Crippen molar-refractivity contribution in [3.05, 3.63) is 0 Å². The first-order valence-electron chi connectivity index (χ1n) is 1.60. The summed E-state index contributed by atoms with van der Waals surface area (Å²) in [5.41, 5.74) is 0. The molecule has 0 heterocycles. The smallest absolute Gasteiger partial charge is 0.131 e. The van der Waals surface area contributed by atoms with Crippen molar-refractivity contribution in [3.63, 3.8) is 0 Å². The van der Waals surface area contributed by atoms with Crippen molar-refractivity contribution < 1.29 is 0 Å². The number of nitrogens with zero attached hydrogens (tertiary/aromatic N) is 1. The molecular weight excluding hydrogens is 84.9 g/mol. The van der Waals surface area contributed by atoms with E-state index < -0.39 is 0 Å². The third kappa shape index (κ3) is 4.85. The average Bonchev–Trinajstić information content (AvgIpc) is 1.69. The number of hydrogen-bond acceptors (Lipinski definition) is 1. The summed E-state index contributed by atoms with van der Waals surface area (Å²) in [6.07, 6.45) is 5.82. The summed E-state index contributed by atoms with van der Waals surface area (Å²) in [7, 11) is 4.81. The van der Waals surface area contributed by atoms with Crippen molar-refractivity contribution in [1.29, 1.82) is 0 Å². The average molecular weight is 86.9 g/mol. The quantitative estimate of drug-likeness (QED) is 0.220. The molecule has 0 saturated heterocycles. The fraction of sp³-hybridized carbons (Fsp3) is 0. The van der Waals surface area contributed by atoms with Gasteiger partial charge in [0, 0.05) is 12.0 Å². The summed E-state index contributed by atoms with van der Waals surface area (Å²) in [6.45, 7) is 0. The Morgan fingerprint density at radius 3 is 2.86 bits per heavy atom. The molecule has 1 nitrogen and oxygen atoms in total. The van der Waals surface area contributed by atoms with Gasteiger partial charge in [0.05, 0.1) is 0 Å². The normalized spacial score (nSPS) is 6.71. The van der Waals surface area contributed by atoms with Gasteiger partial charge in [-0.05, 0) is 12.0 Å². The number of aliphatic imine (C=N–C) groups is 1. The lowest BCUT2D eigenvalue weighted by atomic mass is 10.2. The summed E-state index contributed by atoms with van der Waals surface area (Å²) in [6, 6.07) is 2.24. The van der Waals surface area contributed by atoms with Crippen LogP contribution in [0.4, 0.5) is 0 Å². The Balaban J connectivity index is 3.52. The maximum atomic E-state index is 4.81. The largest absolute Gasteiger partial charge is 0.221 e. The first kappa shape index (κ1) is 5.85. The van der Waals surface area contributed by atoms with Gasteiger partial charge in [0.2, 0.25) is 0 Å². The maximum absolute atomic E-state index is 4.81. The van der Waals surface area contributed by atoms with Crippen LogP contribution < -0.4 is 0 Å². The van der Waals surface area contributed by atoms with Crippen LogP contribution in [0, 0.1) is 24.3 Å². The van der Waals surface area contributed by atoms with Crippen LogP contribution in [0.3, 0.4) is 0 Å². The highest BCUT2D eigenvalue weighted by Crippen LogP contribution is 1.52. The molecule has 0 aromatic rings. The van der Waals surface area contributed by atoms with Crippen LogP contribution in [-0.4, -0.2) is 14.0 Å². The molecule has 0 aliphatic heterocycles. The first-order chi connectivity index (χ1) is 3.41. The lowest BCUT2D eigenvalue weighted by Gasteiger charge is -1.57. The van der Waals surface area contributed by atoms with E-state index in [0.29, 0.717) is 0 Å². The zero-order valence-electron chi connectivity index (χ0n) is 3.68. The van der Waals surface area contributed by atoms with Crippen LogP contribution in [0.15, 0.2) is 4.99 Å². The zero-order valence-corrected chi connectivity index (χ0v) is 3.68.